The predicted octanol–water partition coefficient (Wildman–Crippen LogP) is 3.66. The van der Waals surface area contributed by atoms with E-state index in [1.807, 2.05) is 0 Å². The summed E-state index contributed by atoms with van der Waals surface area (Å²) in [5.74, 6) is 0.0640. The Balaban J connectivity index is 2.18. The van der Waals surface area contributed by atoms with E-state index in [0.717, 1.165) is 24.0 Å². The van der Waals surface area contributed by atoms with E-state index in [1.54, 1.807) is 24.3 Å². The van der Waals surface area contributed by atoms with E-state index in [4.69, 9.17) is 4.74 Å². The fourth-order valence-corrected chi connectivity index (χ4v) is 2.99. The van der Waals surface area contributed by atoms with Crippen molar-refractivity contribution in [3.63, 3.8) is 0 Å². The summed E-state index contributed by atoms with van der Waals surface area (Å²) in [7, 11) is -2.23. The van der Waals surface area contributed by atoms with E-state index in [0.29, 0.717) is 18.2 Å². The van der Waals surface area contributed by atoms with Crippen LogP contribution < -0.4 is 14.8 Å². The average molecular weight is 416 g/mol. The highest BCUT2D eigenvalue weighted by Gasteiger charge is 2.31. The first-order valence-corrected chi connectivity index (χ1v) is 9.99. The number of carbonyl (C=O) groups is 1. The number of aryl methyl sites for hydroxylation is 1. The van der Waals surface area contributed by atoms with Gasteiger partial charge in [-0.3, -0.25) is 9.52 Å². The Kier molecular flexibility index (Phi) is 6.55. The zero-order valence-electron chi connectivity index (χ0n) is 15.1. The van der Waals surface area contributed by atoms with Crippen LogP contribution in [0.4, 0.5) is 24.5 Å². The standard InChI is InChI=1S/C18H19F3N2O4S/c1-27-14-5-3-4-12(10-14)6-9-17(24)22-16-11-13(18(19,20)21)7-8-15(16)23-28(2,25)26/h3-5,7-8,10-11,23H,6,9H2,1-2H3,(H,22,24). The van der Waals surface area contributed by atoms with Crippen molar-refractivity contribution in [1.29, 1.82) is 0 Å². The molecule has 28 heavy (non-hydrogen) atoms. The molecule has 0 aliphatic heterocycles. The molecular weight excluding hydrogens is 397 g/mol. The topological polar surface area (TPSA) is 84.5 Å². The van der Waals surface area contributed by atoms with Gasteiger partial charge >= 0.3 is 6.18 Å². The van der Waals surface area contributed by atoms with Gasteiger partial charge in [0.15, 0.2) is 0 Å². The largest absolute Gasteiger partial charge is 0.497 e. The minimum Gasteiger partial charge on any atom is -0.497 e. The molecule has 2 aromatic carbocycles. The van der Waals surface area contributed by atoms with Gasteiger partial charge in [0.2, 0.25) is 15.9 Å². The third kappa shape index (κ3) is 6.45. The molecule has 2 N–H and O–H groups in total. The number of rotatable bonds is 7. The molecule has 2 rings (SSSR count). The fraction of sp³-hybridized carbons (Fsp3) is 0.278. The van der Waals surface area contributed by atoms with Crippen LogP contribution in [0.5, 0.6) is 5.75 Å². The summed E-state index contributed by atoms with van der Waals surface area (Å²) in [6, 6.07) is 9.42. The monoisotopic (exact) mass is 416 g/mol. The molecule has 0 radical (unpaired) electrons. The molecule has 0 saturated heterocycles. The van der Waals surface area contributed by atoms with Gasteiger partial charge in [-0.25, -0.2) is 8.42 Å². The van der Waals surface area contributed by atoms with E-state index in [9.17, 15) is 26.4 Å². The molecule has 6 nitrogen and oxygen atoms in total. The number of ether oxygens (including phenoxy) is 1. The first-order valence-electron chi connectivity index (χ1n) is 8.10. The Morgan fingerprint density at radius 3 is 2.43 bits per heavy atom. The second-order valence-corrected chi connectivity index (χ2v) is 7.78. The molecule has 0 bridgehead atoms. The molecule has 0 fully saturated rings. The van der Waals surface area contributed by atoms with Crippen LogP contribution in [0.25, 0.3) is 0 Å². The molecule has 0 aromatic heterocycles. The number of anilines is 2. The lowest BCUT2D eigenvalue weighted by atomic mass is 10.1. The van der Waals surface area contributed by atoms with Gasteiger partial charge in [0, 0.05) is 6.42 Å². The normalized spacial score (nSPS) is 11.8. The summed E-state index contributed by atoms with van der Waals surface area (Å²) in [5, 5.41) is 2.35. The minimum atomic E-state index is -4.64. The minimum absolute atomic E-state index is 0.0122. The van der Waals surface area contributed by atoms with Gasteiger partial charge in [0.05, 0.1) is 30.3 Å². The highest BCUT2D eigenvalue weighted by atomic mass is 32.2. The molecule has 0 heterocycles. The predicted molar refractivity (Wildman–Crippen MR) is 99.9 cm³/mol. The number of hydrogen-bond donors (Lipinski definition) is 2. The lowest BCUT2D eigenvalue weighted by molar-refractivity contribution is -0.137. The molecule has 0 unspecified atom stereocenters. The van der Waals surface area contributed by atoms with Gasteiger partial charge in [-0.1, -0.05) is 12.1 Å². The van der Waals surface area contributed by atoms with Gasteiger partial charge in [0.25, 0.3) is 0 Å². The molecular formula is C18H19F3N2O4S. The number of alkyl halides is 3. The first kappa shape index (κ1) is 21.5. The summed E-state index contributed by atoms with van der Waals surface area (Å²) in [4.78, 5) is 12.2. The van der Waals surface area contributed by atoms with E-state index in [-0.39, 0.29) is 17.8 Å². The lowest BCUT2D eigenvalue weighted by Crippen LogP contribution is -2.17. The van der Waals surface area contributed by atoms with Crippen LogP contribution >= 0.6 is 0 Å². The van der Waals surface area contributed by atoms with Crippen molar-refractivity contribution in [2.24, 2.45) is 0 Å². The highest BCUT2D eigenvalue weighted by Crippen LogP contribution is 2.34. The summed E-state index contributed by atoms with van der Waals surface area (Å²) in [5.41, 5.74) is -0.608. The van der Waals surface area contributed by atoms with Crippen molar-refractivity contribution in [3.8, 4) is 5.75 Å². The summed E-state index contributed by atoms with van der Waals surface area (Å²) in [6.45, 7) is 0. The van der Waals surface area contributed by atoms with E-state index in [2.05, 4.69) is 10.0 Å². The maximum atomic E-state index is 13.0. The van der Waals surface area contributed by atoms with Gasteiger partial charge in [0.1, 0.15) is 5.75 Å². The first-order chi connectivity index (χ1) is 13.0. The number of carbonyl (C=O) groups excluding carboxylic acids is 1. The van der Waals surface area contributed by atoms with Crippen LogP contribution in [0, 0.1) is 0 Å². The van der Waals surface area contributed by atoms with Crippen molar-refractivity contribution >= 4 is 27.3 Å². The number of sulfonamides is 1. The molecule has 0 atom stereocenters. The number of methoxy groups -OCH3 is 1. The summed E-state index contributed by atoms with van der Waals surface area (Å²) >= 11 is 0. The average Bonchev–Trinajstić information content (AvgIpc) is 2.59. The van der Waals surface area contributed by atoms with E-state index in [1.165, 1.54) is 7.11 Å². The van der Waals surface area contributed by atoms with Crippen LogP contribution in [0.3, 0.4) is 0 Å². The lowest BCUT2D eigenvalue weighted by Gasteiger charge is -2.15. The van der Waals surface area contributed by atoms with Gasteiger partial charge < -0.3 is 10.1 Å². The molecule has 0 saturated carbocycles. The second-order valence-electron chi connectivity index (χ2n) is 6.03. The number of hydrogen-bond acceptors (Lipinski definition) is 4. The van der Waals surface area contributed by atoms with Crippen LogP contribution in [-0.2, 0) is 27.4 Å². The Hall–Kier alpha value is -2.75. The molecule has 2 aromatic rings. The number of halogens is 3. The van der Waals surface area contributed by atoms with Crippen LogP contribution in [0.2, 0.25) is 0 Å². The van der Waals surface area contributed by atoms with Crippen LogP contribution in [0.1, 0.15) is 17.5 Å². The molecule has 1 amide bonds. The van der Waals surface area contributed by atoms with Gasteiger partial charge in [-0.05, 0) is 42.3 Å². The number of nitrogens with one attached hydrogen (secondary N) is 2. The van der Waals surface area contributed by atoms with Crippen molar-refractivity contribution in [2.75, 3.05) is 23.4 Å². The Labute approximate surface area is 160 Å². The molecule has 0 aliphatic carbocycles. The zero-order chi connectivity index (χ0) is 20.9. The highest BCUT2D eigenvalue weighted by molar-refractivity contribution is 7.92. The maximum Gasteiger partial charge on any atom is 0.416 e. The molecule has 10 heteroatoms. The molecule has 152 valence electrons. The zero-order valence-corrected chi connectivity index (χ0v) is 15.9. The van der Waals surface area contributed by atoms with Gasteiger partial charge in [-0.15, -0.1) is 0 Å². The maximum absolute atomic E-state index is 13.0. The molecule has 0 spiro atoms. The quantitative estimate of drug-likeness (QED) is 0.722. The third-order valence-electron chi connectivity index (χ3n) is 3.69. The van der Waals surface area contributed by atoms with E-state index < -0.39 is 27.7 Å². The SMILES string of the molecule is COc1cccc(CCC(=O)Nc2cc(C(F)(F)F)ccc2NS(C)(=O)=O)c1. The number of benzene rings is 2. The van der Waals surface area contributed by atoms with Crippen molar-refractivity contribution in [2.45, 2.75) is 19.0 Å². The summed E-state index contributed by atoms with van der Waals surface area (Å²) < 4.78 is 68.9. The van der Waals surface area contributed by atoms with Crippen molar-refractivity contribution in [1.82, 2.24) is 0 Å². The third-order valence-corrected chi connectivity index (χ3v) is 4.28. The van der Waals surface area contributed by atoms with E-state index >= 15 is 0 Å². The van der Waals surface area contributed by atoms with Crippen molar-refractivity contribution < 1.29 is 31.1 Å². The second kappa shape index (κ2) is 8.51. The Morgan fingerprint density at radius 1 is 1.11 bits per heavy atom. The fourth-order valence-electron chi connectivity index (χ4n) is 2.41. The summed E-state index contributed by atoms with van der Waals surface area (Å²) in [6.07, 6.45) is -3.46. The smallest absolute Gasteiger partial charge is 0.416 e. The Bertz CT molecular complexity index is 960. The van der Waals surface area contributed by atoms with Crippen LogP contribution in [0.15, 0.2) is 42.5 Å². The van der Waals surface area contributed by atoms with Crippen molar-refractivity contribution in [3.05, 3.63) is 53.6 Å². The Morgan fingerprint density at radius 2 is 1.82 bits per heavy atom. The van der Waals surface area contributed by atoms with Gasteiger partial charge in [-0.2, -0.15) is 13.2 Å². The number of amides is 1. The van der Waals surface area contributed by atoms with Crippen LogP contribution in [-0.4, -0.2) is 27.7 Å². The molecule has 0 aliphatic rings.